The van der Waals surface area contributed by atoms with Crippen molar-refractivity contribution in [2.45, 2.75) is 13.3 Å². The Balaban J connectivity index is 3.03. The number of rotatable bonds is 1. The summed E-state index contributed by atoms with van der Waals surface area (Å²) < 4.78 is 0. The van der Waals surface area contributed by atoms with Gasteiger partial charge in [-0.1, -0.05) is 24.0 Å². The fourth-order valence-electron chi connectivity index (χ4n) is 1.03. The van der Waals surface area contributed by atoms with Crippen LogP contribution in [0, 0.1) is 30.1 Å². The van der Waals surface area contributed by atoms with Crippen LogP contribution >= 0.6 is 0 Å². The van der Waals surface area contributed by atoms with E-state index >= 15 is 0 Å². The van der Waals surface area contributed by atoms with E-state index in [1.165, 1.54) is 0 Å². The highest BCUT2D eigenvalue weighted by Gasteiger charge is 1.95. The minimum Gasteiger partial charge on any atom is -0.298 e. The third kappa shape index (κ3) is 2.47. The molecule has 0 aliphatic rings. The van der Waals surface area contributed by atoms with Crippen molar-refractivity contribution in [3.63, 3.8) is 0 Å². The van der Waals surface area contributed by atoms with Crippen LogP contribution in [0.3, 0.4) is 0 Å². The minimum absolute atomic E-state index is 0.213. The lowest BCUT2D eigenvalue weighted by Crippen LogP contribution is -1.86. The first-order valence-electron chi connectivity index (χ1n) is 4.19. The summed E-state index contributed by atoms with van der Waals surface area (Å²) in [6.07, 6.45) is 1.000. The quantitative estimate of drug-likeness (QED) is 0.494. The van der Waals surface area contributed by atoms with Crippen LogP contribution < -0.4 is 0 Å². The first kappa shape index (κ1) is 10.0. The van der Waals surface area contributed by atoms with Crippen molar-refractivity contribution in [1.82, 2.24) is 0 Å². The predicted molar refractivity (Wildman–Crippen MR) is 53.7 cm³/mol. The molecule has 0 N–H and O–H groups in total. The van der Waals surface area contributed by atoms with Crippen LogP contribution in [0.25, 0.3) is 0 Å². The molecule has 0 saturated heterocycles. The Kier molecular flexibility index (Phi) is 3.47. The van der Waals surface area contributed by atoms with Crippen LogP contribution in [0.15, 0.2) is 18.2 Å². The van der Waals surface area contributed by atoms with Gasteiger partial charge in [-0.25, -0.2) is 0 Å². The van der Waals surface area contributed by atoms with Crippen molar-refractivity contribution in [2.24, 2.45) is 0 Å². The molecule has 0 spiro atoms. The molecular weight excluding hydrogens is 174 g/mol. The lowest BCUT2D eigenvalue weighted by Gasteiger charge is -1.97. The third-order valence-corrected chi connectivity index (χ3v) is 1.79. The Hall–Kier alpha value is -2.06. The fourth-order valence-corrected chi connectivity index (χ4v) is 1.03. The molecule has 0 saturated carbocycles. The zero-order chi connectivity index (χ0) is 10.4. The van der Waals surface area contributed by atoms with Crippen molar-refractivity contribution in [2.75, 3.05) is 0 Å². The van der Waals surface area contributed by atoms with Crippen molar-refractivity contribution in [3.8, 4) is 17.9 Å². The number of nitriles is 1. The third-order valence-electron chi connectivity index (χ3n) is 1.79. The molecule has 0 aromatic heterocycles. The summed E-state index contributed by atoms with van der Waals surface area (Å²) >= 11 is 0. The van der Waals surface area contributed by atoms with Gasteiger partial charge in [-0.05, 0) is 18.6 Å². The van der Waals surface area contributed by atoms with Crippen molar-refractivity contribution in [1.29, 1.82) is 5.26 Å². The zero-order valence-electron chi connectivity index (χ0n) is 7.87. The van der Waals surface area contributed by atoms with Gasteiger partial charge in [0, 0.05) is 11.1 Å². The van der Waals surface area contributed by atoms with E-state index in [4.69, 9.17) is 5.26 Å². The van der Waals surface area contributed by atoms with Gasteiger partial charge in [0.05, 0.1) is 12.5 Å². The number of hydrogen-bond donors (Lipinski definition) is 0. The summed E-state index contributed by atoms with van der Waals surface area (Å²) in [7, 11) is 0. The molecule has 0 unspecified atom stereocenters. The topological polar surface area (TPSA) is 40.9 Å². The smallest absolute Gasteiger partial charge is 0.150 e. The maximum absolute atomic E-state index is 10.5. The van der Waals surface area contributed by atoms with Crippen LogP contribution in [0.5, 0.6) is 0 Å². The van der Waals surface area contributed by atoms with Crippen LogP contribution in [0.4, 0.5) is 0 Å². The van der Waals surface area contributed by atoms with E-state index in [0.29, 0.717) is 5.56 Å². The molecule has 0 atom stereocenters. The highest BCUT2D eigenvalue weighted by Crippen LogP contribution is 2.08. The average molecular weight is 183 g/mol. The van der Waals surface area contributed by atoms with Gasteiger partial charge < -0.3 is 0 Å². The normalized spacial score (nSPS) is 8.29. The molecule has 2 heteroatoms. The number of hydrogen-bond acceptors (Lipinski definition) is 2. The molecule has 0 aliphatic carbocycles. The summed E-state index contributed by atoms with van der Waals surface area (Å²) in [6.45, 7) is 1.92. The number of nitrogens with zero attached hydrogens (tertiary/aromatic N) is 1. The average Bonchev–Trinajstić information content (AvgIpc) is 2.21. The first-order chi connectivity index (χ1) is 6.77. The Morgan fingerprint density at radius 1 is 1.50 bits per heavy atom. The Labute approximate surface area is 83.2 Å². The second-order valence-electron chi connectivity index (χ2n) is 2.83. The molecule has 0 fully saturated rings. The summed E-state index contributed by atoms with van der Waals surface area (Å²) in [5, 5.41) is 8.31. The van der Waals surface area contributed by atoms with E-state index in [2.05, 4.69) is 11.8 Å². The van der Waals surface area contributed by atoms with E-state index in [9.17, 15) is 4.79 Å². The molecule has 0 aliphatic heterocycles. The molecule has 0 amide bonds. The predicted octanol–water partition coefficient (Wildman–Crippen LogP) is 2.07. The van der Waals surface area contributed by atoms with Crippen LogP contribution in [-0.4, -0.2) is 6.29 Å². The number of aryl methyl sites for hydroxylation is 1. The largest absolute Gasteiger partial charge is 0.298 e. The van der Waals surface area contributed by atoms with E-state index in [0.717, 1.165) is 17.4 Å². The van der Waals surface area contributed by atoms with Crippen molar-refractivity contribution < 1.29 is 4.79 Å². The van der Waals surface area contributed by atoms with Crippen LogP contribution in [0.2, 0.25) is 0 Å². The molecule has 14 heavy (non-hydrogen) atoms. The van der Waals surface area contributed by atoms with Crippen LogP contribution in [-0.2, 0) is 0 Å². The molecular formula is C12H9NO. The maximum Gasteiger partial charge on any atom is 0.150 e. The summed E-state index contributed by atoms with van der Waals surface area (Å²) in [5.74, 6) is 5.57. The van der Waals surface area contributed by atoms with Gasteiger partial charge in [0.25, 0.3) is 0 Å². The maximum atomic E-state index is 10.5. The molecule has 0 radical (unpaired) electrons. The molecule has 1 aromatic rings. The van der Waals surface area contributed by atoms with E-state index in [1.54, 1.807) is 12.1 Å². The van der Waals surface area contributed by atoms with Gasteiger partial charge in [0.2, 0.25) is 0 Å². The van der Waals surface area contributed by atoms with E-state index in [-0.39, 0.29) is 6.42 Å². The molecule has 0 bridgehead atoms. The molecule has 0 heterocycles. The highest BCUT2D eigenvalue weighted by molar-refractivity contribution is 5.75. The van der Waals surface area contributed by atoms with Gasteiger partial charge in [-0.2, -0.15) is 5.26 Å². The molecule has 1 aromatic carbocycles. The number of benzene rings is 1. The van der Waals surface area contributed by atoms with Crippen molar-refractivity contribution in [3.05, 3.63) is 34.9 Å². The second-order valence-corrected chi connectivity index (χ2v) is 2.83. The summed E-state index contributed by atoms with van der Waals surface area (Å²) in [5.41, 5.74) is 2.43. The van der Waals surface area contributed by atoms with Gasteiger partial charge in [-0.15, -0.1) is 0 Å². The zero-order valence-corrected chi connectivity index (χ0v) is 7.87. The fraction of sp³-hybridized carbons (Fsp3) is 0.167. The number of carbonyl (C=O) groups excluding carboxylic acids is 1. The second kappa shape index (κ2) is 4.84. The lowest BCUT2D eigenvalue weighted by molar-refractivity contribution is 0.112. The van der Waals surface area contributed by atoms with E-state index in [1.807, 2.05) is 19.1 Å². The SMILES string of the molecule is Cc1ccc(C=O)cc1C#CCC#N. The standard InChI is InChI=1S/C12H9NO/c1-10-5-6-11(9-14)8-12(10)4-2-3-7-13/h5-6,8-9H,3H2,1H3. The van der Waals surface area contributed by atoms with Gasteiger partial charge in [-0.3, -0.25) is 4.79 Å². The lowest BCUT2D eigenvalue weighted by atomic mass is 10.1. The van der Waals surface area contributed by atoms with E-state index < -0.39 is 0 Å². The minimum atomic E-state index is 0.213. The highest BCUT2D eigenvalue weighted by atomic mass is 16.1. The first-order valence-corrected chi connectivity index (χ1v) is 4.19. The molecule has 68 valence electrons. The summed E-state index contributed by atoms with van der Waals surface area (Å²) in [6, 6.07) is 7.27. The van der Waals surface area contributed by atoms with Crippen molar-refractivity contribution >= 4 is 6.29 Å². The number of carbonyl (C=O) groups is 1. The molecule has 2 nitrogen and oxygen atoms in total. The summed E-state index contributed by atoms with van der Waals surface area (Å²) in [4.78, 5) is 10.5. The van der Waals surface area contributed by atoms with Gasteiger partial charge in [0.15, 0.2) is 0 Å². The monoisotopic (exact) mass is 183 g/mol. The number of aldehydes is 1. The Morgan fingerprint density at radius 3 is 2.93 bits per heavy atom. The Bertz CT molecular complexity index is 444. The van der Waals surface area contributed by atoms with Gasteiger partial charge in [0.1, 0.15) is 6.29 Å². The van der Waals surface area contributed by atoms with Gasteiger partial charge >= 0.3 is 0 Å². The van der Waals surface area contributed by atoms with Crippen LogP contribution in [0.1, 0.15) is 27.9 Å². The Morgan fingerprint density at radius 2 is 2.29 bits per heavy atom. The molecule has 1 rings (SSSR count).